The van der Waals surface area contributed by atoms with Crippen LogP contribution in [0.15, 0.2) is 18.2 Å². The van der Waals surface area contributed by atoms with Crippen molar-refractivity contribution in [2.24, 2.45) is 5.41 Å². The van der Waals surface area contributed by atoms with Gasteiger partial charge in [0.05, 0.1) is 0 Å². The Balaban J connectivity index is 2.27. The van der Waals surface area contributed by atoms with Gasteiger partial charge in [-0.2, -0.15) is 0 Å². The van der Waals surface area contributed by atoms with Gasteiger partial charge in [0.25, 0.3) is 0 Å². The van der Waals surface area contributed by atoms with Gasteiger partial charge in [-0.1, -0.05) is 59.7 Å². The molecule has 1 aliphatic rings. The smallest absolute Gasteiger partial charge is 0.407 e. The number of hydrogen-bond acceptors (Lipinski definition) is 2. The molecule has 2 nitrogen and oxygen atoms in total. The van der Waals surface area contributed by atoms with Crippen LogP contribution in [0, 0.1) is 5.41 Å². The monoisotopic (exact) mass is 274 g/mol. The van der Waals surface area contributed by atoms with Crippen LogP contribution < -0.4 is 5.46 Å². The van der Waals surface area contributed by atoms with Crippen LogP contribution >= 0.6 is 0 Å². The molecule has 1 saturated heterocycles. The minimum absolute atomic E-state index is 0.117. The molecule has 1 fully saturated rings. The van der Waals surface area contributed by atoms with Gasteiger partial charge >= 0.3 is 7.12 Å². The van der Waals surface area contributed by atoms with Crippen LogP contribution in [0.3, 0.4) is 0 Å². The molecular weight excluding hydrogens is 247 g/mol. The van der Waals surface area contributed by atoms with Crippen LogP contribution in [0.4, 0.5) is 0 Å². The fourth-order valence-electron chi connectivity index (χ4n) is 2.54. The van der Waals surface area contributed by atoms with Gasteiger partial charge in [0.1, 0.15) is 0 Å². The summed E-state index contributed by atoms with van der Waals surface area (Å²) in [7, 11) is -0.207. The average molecular weight is 274 g/mol. The molecule has 0 aromatic heterocycles. The summed E-state index contributed by atoms with van der Waals surface area (Å²) >= 11 is 0. The Morgan fingerprint density at radius 3 is 2.10 bits per heavy atom. The molecule has 0 atom stereocenters. The molecule has 1 aromatic rings. The Morgan fingerprint density at radius 1 is 1.00 bits per heavy atom. The van der Waals surface area contributed by atoms with Crippen LogP contribution in [-0.4, -0.2) is 20.3 Å². The van der Waals surface area contributed by atoms with Gasteiger partial charge in [0.15, 0.2) is 0 Å². The lowest BCUT2D eigenvalue weighted by Gasteiger charge is -2.34. The summed E-state index contributed by atoms with van der Waals surface area (Å²) in [6.45, 7) is 14.8. The maximum absolute atomic E-state index is 5.95. The van der Waals surface area contributed by atoms with E-state index in [9.17, 15) is 0 Å². The Labute approximate surface area is 124 Å². The molecule has 0 unspecified atom stereocenters. The summed E-state index contributed by atoms with van der Waals surface area (Å²) in [5.74, 6) is 1.03. The molecule has 20 heavy (non-hydrogen) atoms. The molecule has 110 valence electrons. The maximum Gasteiger partial charge on any atom is 0.494 e. The second kappa shape index (κ2) is 5.91. The molecule has 1 aromatic carbocycles. The fourth-order valence-corrected chi connectivity index (χ4v) is 2.54. The first-order valence-electron chi connectivity index (χ1n) is 7.67. The predicted molar refractivity (Wildman–Crippen MR) is 85.7 cm³/mol. The SMILES string of the molecule is CC(C)c1ccc(B2OCC(C)(C)CO2)c(C(C)C)c1. The maximum atomic E-state index is 5.95. The van der Waals surface area contributed by atoms with E-state index in [2.05, 4.69) is 59.7 Å². The minimum atomic E-state index is -0.207. The van der Waals surface area contributed by atoms with Crippen LogP contribution in [0.25, 0.3) is 0 Å². The van der Waals surface area contributed by atoms with E-state index in [-0.39, 0.29) is 12.5 Å². The molecule has 0 radical (unpaired) electrons. The summed E-state index contributed by atoms with van der Waals surface area (Å²) in [5, 5.41) is 0. The third-order valence-electron chi connectivity index (χ3n) is 3.90. The van der Waals surface area contributed by atoms with Crippen molar-refractivity contribution in [1.29, 1.82) is 0 Å². The summed E-state index contributed by atoms with van der Waals surface area (Å²) < 4.78 is 11.9. The average Bonchev–Trinajstić information content (AvgIpc) is 2.38. The van der Waals surface area contributed by atoms with E-state index in [1.165, 1.54) is 16.6 Å². The Hall–Kier alpha value is -0.795. The van der Waals surface area contributed by atoms with E-state index >= 15 is 0 Å². The van der Waals surface area contributed by atoms with Crippen molar-refractivity contribution in [1.82, 2.24) is 0 Å². The largest absolute Gasteiger partial charge is 0.494 e. The Kier molecular flexibility index (Phi) is 4.60. The van der Waals surface area contributed by atoms with Gasteiger partial charge in [-0.15, -0.1) is 0 Å². The zero-order valence-electron chi connectivity index (χ0n) is 13.7. The van der Waals surface area contributed by atoms with Crippen molar-refractivity contribution in [3.8, 4) is 0 Å². The normalized spacial score (nSPS) is 18.9. The second-order valence-corrected chi connectivity index (χ2v) is 7.32. The number of benzene rings is 1. The Morgan fingerprint density at radius 2 is 1.60 bits per heavy atom. The lowest BCUT2D eigenvalue weighted by Crippen LogP contribution is -2.48. The van der Waals surface area contributed by atoms with Crippen molar-refractivity contribution >= 4 is 12.6 Å². The molecule has 0 N–H and O–H groups in total. The number of rotatable bonds is 3. The molecule has 1 aliphatic heterocycles. The van der Waals surface area contributed by atoms with E-state index in [0.717, 1.165) is 13.2 Å². The highest BCUT2D eigenvalue weighted by Crippen LogP contribution is 2.24. The van der Waals surface area contributed by atoms with Crippen LogP contribution in [-0.2, 0) is 9.31 Å². The van der Waals surface area contributed by atoms with Gasteiger partial charge in [0, 0.05) is 18.6 Å². The summed E-state index contributed by atoms with van der Waals surface area (Å²) in [6.07, 6.45) is 0. The zero-order chi connectivity index (χ0) is 14.9. The first-order valence-corrected chi connectivity index (χ1v) is 7.67. The van der Waals surface area contributed by atoms with E-state index in [4.69, 9.17) is 9.31 Å². The third-order valence-corrected chi connectivity index (χ3v) is 3.90. The highest BCUT2D eigenvalue weighted by molar-refractivity contribution is 6.62. The predicted octanol–water partition coefficient (Wildman–Crippen LogP) is 3.70. The van der Waals surface area contributed by atoms with E-state index in [0.29, 0.717) is 11.8 Å². The van der Waals surface area contributed by atoms with Crippen LogP contribution in [0.2, 0.25) is 0 Å². The molecule has 3 heteroatoms. The first kappa shape index (κ1) is 15.6. The van der Waals surface area contributed by atoms with E-state index in [1.54, 1.807) is 0 Å². The van der Waals surface area contributed by atoms with Crippen molar-refractivity contribution < 1.29 is 9.31 Å². The Bertz CT molecular complexity index is 456. The second-order valence-electron chi connectivity index (χ2n) is 7.32. The molecule has 2 rings (SSSR count). The molecule has 0 spiro atoms. The highest BCUT2D eigenvalue weighted by Gasteiger charge is 2.35. The minimum Gasteiger partial charge on any atom is -0.407 e. The fraction of sp³-hybridized carbons (Fsp3) is 0.647. The zero-order valence-corrected chi connectivity index (χ0v) is 13.7. The third kappa shape index (κ3) is 3.45. The van der Waals surface area contributed by atoms with Crippen molar-refractivity contribution in [3.05, 3.63) is 29.3 Å². The lowest BCUT2D eigenvalue weighted by molar-refractivity contribution is 0.0342. The first-order chi connectivity index (χ1) is 9.30. The van der Waals surface area contributed by atoms with Crippen LogP contribution in [0.5, 0.6) is 0 Å². The molecule has 0 aliphatic carbocycles. The van der Waals surface area contributed by atoms with E-state index in [1.807, 2.05) is 0 Å². The van der Waals surface area contributed by atoms with Gasteiger partial charge in [-0.25, -0.2) is 0 Å². The standard InChI is InChI=1S/C17H27BO2/c1-12(2)14-7-8-16(15(9-14)13(3)4)18-19-10-17(5,6)11-20-18/h7-9,12-13H,10-11H2,1-6H3. The van der Waals surface area contributed by atoms with Crippen molar-refractivity contribution in [2.75, 3.05) is 13.2 Å². The molecular formula is C17H27BO2. The van der Waals surface area contributed by atoms with Gasteiger partial charge in [-0.3, -0.25) is 0 Å². The quantitative estimate of drug-likeness (QED) is 0.782. The summed E-state index contributed by atoms with van der Waals surface area (Å²) in [4.78, 5) is 0. The van der Waals surface area contributed by atoms with Crippen molar-refractivity contribution in [3.63, 3.8) is 0 Å². The van der Waals surface area contributed by atoms with Crippen LogP contribution in [0.1, 0.15) is 64.5 Å². The van der Waals surface area contributed by atoms with Crippen molar-refractivity contribution in [2.45, 2.75) is 53.4 Å². The topological polar surface area (TPSA) is 18.5 Å². The van der Waals surface area contributed by atoms with E-state index < -0.39 is 0 Å². The summed E-state index contributed by atoms with van der Waals surface area (Å²) in [6, 6.07) is 6.71. The summed E-state index contributed by atoms with van der Waals surface area (Å²) in [5.41, 5.74) is 4.04. The highest BCUT2D eigenvalue weighted by atomic mass is 16.6. The molecule has 0 amide bonds. The van der Waals surface area contributed by atoms with Gasteiger partial charge in [-0.05, 0) is 28.4 Å². The van der Waals surface area contributed by atoms with Gasteiger partial charge < -0.3 is 9.31 Å². The number of hydrogen-bond donors (Lipinski definition) is 0. The molecule has 0 bridgehead atoms. The molecule has 0 saturated carbocycles. The molecule has 1 heterocycles. The van der Waals surface area contributed by atoms with Gasteiger partial charge in [0.2, 0.25) is 0 Å². The lowest BCUT2D eigenvalue weighted by atomic mass is 9.70.